The lowest BCUT2D eigenvalue weighted by atomic mass is 10.1. The van der Waals surface area contributed by atoms with Gasteiger partial charge in [-0.15, -0.1) is 0 Å². The largest absolute Gasteiger partial charge is 0.379 e. The summed E-state index contributed by atoms with van der Waals surface area (Å²) in [6, 6.07) is 5.34. The Kier molecular flexibility index (Phi) is 5.95. The minimum atomic E-state index is -0.547. The Labute approximate surface area is 134 Å². The number of rotatable bonds is 8. The van der Waals surface area contributed by atoms with Crippen molar-refractivity contribution < 1.29 is 14.3 Å². The number of ether oxygens (including phenoxy) is 2. The van der Waals surface area contributed by atoms with Crippen LogP contribution in [0.4, 0.5) is 0 Å². The molecule has 1 heterocycles. The molecule has 2 aromatic rings. The number of carbonyl (C=O) groups is 1. The van der Waals surface area contributed by atoms with Gasteiger partial charge in [0, 0.05) is 6.61 Å². The molecule has 0 aliphatic rings. The minimum Gasteiger partial charge on any atom is -0.379 e. The zero-order chi connectivity index (χ0) is 16.8. The summed E-state index contributed by atoms with van der Waals surface area (Å²) >= 11 is 0. The van der Waals surface area contributed by atoms with Crippen molar-refractivity contribution in [3.8, 4) is 0 Å². The van der Waals surface area contributed by atoms with E-state index in [0.717, 1.165) is 16.6 Å². The fourth-order valence-corrected chi connectivity index (χ4v) is 2.24. The summed E-state index contributed by atoms with van der Waals surface area (Å²) in [7, 11) is 0. The lowest BCUT2D eigenvalue weighted by molar-refractivity contribution is -0.133. The predicted octanol–water partition coefficient (Wildman–Crippen LogP) is 1.47. The van der Waals surface area contributed by atoms with Crippen LogP contribution in [0.3, 0.4) is 0 Å². The molecule has 0 fully saturated rings. The smallest absolute Gasteiger partial charge is 0.323 e. The van der Waals surface area contributed by atoms with Crippen molar-refractivity contribution in [1.82, 2.24) is 15.3 Å². The van der Waals surface area contributed by atoms with Gasteiger partial charge in [-0.2, -0.15) is 0 Å². The fourth-order valence-electron chi connectivity index (χ4n) is 2.24. The van der Waals surface area contributed by atoms with Crippen molar-refractivity contribution in [2.75, 3.05) is 19.8 Å². The Bertz CT molecular complexity index is 707. The molecule has 0 spiro atoms. The van der Waals surface area contributed by atoms with Crippen LogP contribution in [0.15, 0.2) is 23.0 Å². The SMILES string of the molecule is CCOCCO[C@@H](C)C(=O)N[C@@H](C)c1ccc2[nH]c(=O)[nH]c2c1. The first kappa shape index (κ1) is 17.2. The summed E-state index contributed by atoms with van der Waals surface area (Å²) in [5.74, 6) is -0.184. The van der Waals surface area contributed by atoms with Crippen molar-refractivity contribution in [2.45, 2.75) is 32.9 Å². The van der Waals surface area contributed by atoms with E-state index >= 15 is 0 Å². The van der Waals surface area contributed by atoms with Crippen LogP contribution in [-0.4, -0.2) is 41.8 Å². The van der Waals surface area contributed by atoms with Gasteiger partial charge in [0.2, 0.25) is 5.91 Å². The Morgan fingerprint density at radius 1 is 1.22 bits per heavy atom. The molecule has 7 nitrogen and oxygen atoms in total. The number of fused-ring (bicyclic) bond motifs is 1. The molecule has 1 amide bonds. The van der Waals surface area contributed by atoms with Crippen molar-refractivity contribution >= 4 is 16.9 Å². The average Bonchev–Trinajstić information content (AvgIpc) is 2.90. The molecule has 0 saturated heterocycles. The van der Waals surface area contributed by atoms with Crippen LogP contribution < -0.4 is 11.0 Å². The van der Waals surface area contributed by atoms with Gasteiger partial charge < -0.3 is 24.8 Å². The van der Waals surface area contributed by atoms with Crippen molar-refractivity contribution in [3.63, 3.8) is 0 Å². The van der Waals surface area contributed by atoms with E-state index in [-0.39, 0.29) is 17.6 Å². The van der Waals surface area contributed by atoms with Crippen LogP contribution in [-0.2, 0) is 14.3 Å². The molecular formula is C16H23N3O4. The van der Waals surface area contributed by atoms with E-state index in [1.54, 1.807) is 6.92 Å². The maximum Gasteiger partial charge on any atom is 0.323 e. The molecule has 126 valence electrons. The van der Waals surface area contributed by atoms with Crippen LogP contribution in [0.25, 0.3) is 11.0 Å². The highest BCUT2D eigenvalue weighted by molar-refractivity contribution is 5.81. The minimum absolute atomic E-state index is 0.184. The molecule has 7 heteroatoms. The molecule has 2 atom stereocenters. The zero-order valence-corrected chi connectivity index (χ0v) is 13.6. The number of carbonyl (C=O) groups excluding carboxylic acids is 1. The third kappa shape index (κ3) is 4.67. The summed E-state index contributed by atoms with van der Waals surface area (Å²) in [4.78, 5) is 28.8. The van der Waals surface area contributed by atoms with Gasteiger partial charge in [0.25, 0.3) is 0 Å². The summed E-state index contributed by atoms with van der Waals surface area (Å²) in [6.45, 7) is 6.99. The van der Waals surface area contributed by atoms with Gasteiger partial charge in [0.05, 0.1) is 30.3 Å². The number of H-pyrrole nitrogens is 2. The van der Waals surface area contributed by atoms with Gasteiger partial charge in [0.15, 0.2) is 0 Å². The van der Waals surface area contributed by atoms with Crippen molar-refractivity contribution in [1.29, 1.82) is 0 Å². The van der Waals surface area contributed by atoms with Crippen LogP contribution in [0.1, 0.15) is 32.4 Å². The van der Waals surface area contributed by atoms with E-state index < -0.39 is 6.10 Å². The zero-order valence-electron chi connectivity index (χ0n) is 13.6. The quantitative estimate of drug-likeness (QED) is 0.642. The first-order valence-electron chi connectivity index (χ1n) is 7.73. The van der Waals surface area contributed by atoms with Crippen LogP contribution in [0.5, 0.6) is 0 Å². The van der Waals surface area contributed by atoms with Gasteiger partial charge in [-0.05, 0) is 38.5 Å². The first-order chi connectivity index (χ1) is 11.0. The average molecular weight is 321 g/mol. The van der Waals surface area contributed by atoms with Crippen LogP contribution in [0, 0.1) is 0 Å². The van der Waals surface area contributed by atoms with E-state index in [1.807, 2.05) is 32.0 Å². The summed E-state index contributed by atoms with van der Waals surface area (Å²) in [6.07, 6.45) is -0.547. The molecule has 0 bridgehead atoms. The predicted molar refractivity (Wildman–Crippen MR) is 87.4 cm³/mol. The van der Waals surface area contributed by atoms with E-state index in [4.69, 9.17) is 9.47 Å². The van der Waals surface area contributed by atoms with E-state index in [2.05, 4.69) is 15.3 Å². The Morgan fingerprint density at radius 2 is 1.96 bits per heavy atom. The number of amides is 1. The molecule has 3 N–H and O–H groups in total. The highest BCUT2D eigenvalue weighted by Gasteiger charge is 2.17. The van der Waals surface area contributed by atoms with E-state index in [1.165, 1.54) is 0 Å². The number of aromatic amines is 2. The number of aromatic nitrogens is 2. The summed E-state index contributed by atoms with van der Waals surface area (Å²) in [5.41, 5.74) is 2.12. The normalized spacial score (nSPS) is 13.9. The number of hydrogen-bond donors (Lipinski definition) is 3. The van der Waals surface area contributed by atoms with Gasteiger partial charge in [-0.25, -0.2) is 4.79 Å². The maximum atomic E-state index is 12.1. The molecule has 2 rings (SSSR count). The van der Waals surface area contributed by atoms with E-state index in [0.29, 0.717) is 19.8 Å². The topological polar surface area (TPSA) is 96.2 Å². The molecule has 0 radical (unpaired) electrons. The maximum absolute atomic E-state index is 12.1. The van der Waals surface area contributed by atoms with Crippen LogP contribution >= 0.6 is 0 Å². The van der Waals surface area contributed by atoms with Gasteiger partial charge in [0.1, 0.15) is 6.10 Å². The number of nitrogens with one attached hydrogen (secondary N) is 3. The second-order valence-corrected chi connectivity index (χ2v) is 5.32. The molecule has 0 aliphatic heterocycles. The number of benzene rings is 1. The summed E-state index contributed by atoms with van der Waals surface area (Å²) in [5, 5.41) is 2.90. The third-order valence-electron chi connectivity index (χ3n) is 3.57. The number of hydrogen-bond acceptors (Lipinski definition) is 4. The summed E-state index contributed by atoms with van der Waals surface area (Å²) < 4.78 is 10.6. The van der Waals surface area contributed by atoms with Crippen molar-refractivity contribution in [2.24, 2.45) is 0 Å². The molecular weight excluding hydrogens is 298 g/mol. The van der Waals surface area contributed by atoms with Crippen LogP contribution in [0.2, 0.25) is 0 Å². The monoisotopic (exact) mass is 321 g/mol. The Morgan fingerprint density at radius 3 is 2.70 bits per heavy atom. The lowest BCUT2D eigenvalue weighted by Gasteiger charge is -2.18. The highest BCUT2D eigenvalue weighted by Crippen LogP contribution is 2.17. The lowest BCUT2D eigenvalue weighted by Crippen LogP contribution is -2.36. The second-order valence-electron chi connectivity index (χ2n) is 5.32. The standard InChI is InChI=1S/C16H23N3O4/c1-4-22-7-8-23-11(3)15(20)17-10(2)12-5-6-13-14(9-12)19-16(21)18-13/h5-6,9-11H,4,7-8H2,1-3H3,(H,17,20)(H2,18,19,21)/t10-,11-/m0/s1. The molecule has 0 unspecified atom stereocenters. The molecule has 23 heavy (non-hydrogen) atoms. The van der Waals surface area contributed by atoms with Crippen molar-refractivity contribution in [3.05, 3.63) is 34.2 Å². The number of imidazole rings is 1. The second kappa shape index (κ2) is 7.94. The first-order valence-corrected chi connectivity index (χ1v) is 7.73. The van der Waals surface area contributed by atoms with Gasteiger partial charge in [-0.3, -0.25) is 4.79 Å². The van der Waals surface area contributed by atoms with E-state index in [9.17, 15) is 9.59 Å². The molecule has 0 saturated carbocycles. The molecule has 1 aromatic heterocycles. The van der Waals surface area contributed by atoms with Gasteiger partial charge >= 0.3 is 5.69 Å². The molecule has 0 aliphatic carbocycles. The Hall–Kier alpha value is -2.12. The Balaban J connectivity index is 1.92. The van der Waals surface area contributed by atoms with Gasteiger partial charge in [-0.1, -0.05) is 6.07 Å². The molecule has 1 aromatic carbocycles. The highest BCUT2D eigenvalue weighted by atomic mass is 16.5. The fraction of sp³-hybridized carbons (Fsp3) is 0.500. The third-order valence-corrected chi connectivity index (χ3v) is 3.57.